The molecule has 0 bridgehead atoms. The molecular formula is C13H27N3O7. The number of rotatable bonds is 11. The number of aliphatic hydroxyl groups is 6. The molecule has 10 nitrogen and oxygen atoms in total. The number of hydrogen-bond acceptors (Lipinski definition) is 9. The Hall–Kier alpha value is -1.17. The molecule has 0 aliphatic heterocycles. The lowest BCUT2D eigenvalue weighted by atomic mass is 9.82. The van der Waals surface area contributed by atoms with Gasteiger partial charge in [-0.15, -0.1) is 0 Å². The first-order valence-corrected chi connectivity index (χ1v) is 7.20. The number of amides is 1. The summed E-state index contributed by atoms with van der Waals surface area (Å²) in [6.07, 6.45) is -3.21. The van der Waals surface area contributed by atoms with Crippen LogP contribution in [0.4, 0.5) is 0 Å². The van der Waals surface area contributed by atoms with E-state index in [0.717, 1.165) is 4.90 Å². The van der Waals surface area contributed by atoms with Crippen LogP contribution >= 0.6 is 0 Å². The Morgan fingerprint density at radius 3 is 1.57 bits per heavy atom. The van der Waals surface area contributed by atoms with E-state index in [0.29, 0.717) is 0 Å². The summed E-state index contributed by atoms with van der Waals surface area (Å²) in [5.74, 6) is -0.797. The molecule has 0 saturated heterocycles. The SMILES string of the molecule is CC(O)C(CO)(CO)N(C(=O)CCN=N)C(CO)(CO)C(C)O. The lowest BCUT2D eigenvalue weighted by molar-refractivity contribution is -0.193. The van der Waals surface area contributed by atoms with Crippen LogP contribution in [0, 0.1) is 5.53 Å². The number of aliphatic hydroxyl groups excluding tert-OH is 6. The monoisotopic (exact) mass is 337 g/mol. The van der Waals surface area contributed by atoms with Crippen molar-refractivity contribution >= 4 is 5.91 Å². The molecule has 2 unspecified atom stereocenters. The lowest BCUT2D eigenvalue weighted by Crippen LogP contribution is -2.75. The van der Waals surface area contributed by atoms with E-state index in [1.165, 1.54) is 13.8 Å². The van der Waals surface area contributed by atoms with Crippen molar-refractivity contribution in [1.82, 2.24) is 4.90 Å². The first-order valence-electron chi connectivity index (χ1n) is 7.20. The molecule has 136 valence electrons. The van der Waals surface area contributed by atoms with Crippen molar-refractivity contribution in [2.24, 2.45) is 5.11 Å². The Morgan fingerprint density at radius 1 is 1.00 bits per heavy atom. The van der Waals surface area contributed by atoms with Crippen LogP contribution in [0.25, 0.3) is 0 Å². The van der Waals surface area contributed by atoms with Gasteiger partial charge in [-0.2, -0.15) is 5.11 Å². The summed E-state index contributed by atoms with van der Waals surface area (Å²) in [6.45, 7) is -1.25. The zero-order valence-electron chi connectivity index (χ0n) is 13.4. The summed E-state index contributed by atoms with van der Waals surface area (Å²) in [4.78, 5) is 13.3. The molecule has 0 aromatic rings. The van der Waals surface area contributed by atoms with E-state index in [1.54, 1.807) is 0 Å². The van der Waals surface area contributed by atoms with Gasteiger partial charge in [-0.25, -0.2) is 5.53 Å². The molecule has 0 fully saturated rings. The molecule has 2 atom stereocenters. The van der Waals surface area contributed by atoms with Crippen molar-refractivity contribution in [3.05, 3.63) is 0 Å². The minimum Gasteiger partial charge on any atom is -0.394 e. The van der Waals surface area contributed by atoms with Crippen molar-refractivity contribution in [3.8, 4) is 0 Å². The summed E-state index contributed by atoms with van der Waals surface area (Å²) in [6, 6.07) is 0. The fraction of sp³-hybridized carbons (Fsp3) is 0.923. The van der Waals surface area contributed by atoms with E-state index in [-0.39, 0.29) is 13.0 Å². The lowest BCUT2D eigenvalue weighted by Gasteiger charge is -2.54. The van der Waals surface area contributed by atoms with Gasteiger partial charge < -0.3 is 35.5 Å². The van der Waals surface area contributed by atoms with Crippen LogP contribution in [0.1, 0.15) is 20.3 Å². The average Bonchev–Trinajstić information content (AvgIpc) is 2.53. The average molecular weight is 337 g/mol. The van der Waals surface area contributed by atoms with Crippen LogP contribution < -0.4 is 0 Å². The summed E-state index contributed by atoms with van der Waals surface area (Å²) in [5.41, 5.74) is 2.87. The topological polar surface area (TPSA) is 178 Å². The maximum absolute atomic E-state index is 12.6. The first kappa shape index (κ1) is 21.8. The Kier molecular flexibility index (Phi) is 8.74. The summed E-state index contributed by atoms with van der Waals surface area (Å²) < 4.78 is 0. The molecule has 7 N–H and O–H groups in total. The van der Waals surface area contributed by atoms with Crippen molar-refractivity contribution in [3.63, 3.8) is 0 Å². The highest BCUT2D eigenvalue weighted by Crippen LogP contribution is 2.32. The molecule has 23 heavy (non-hydrogen) atoms. The molecular weight excluding hydrogens is 310 g/mol. The quantitative estimate of drug-likeness (QED) is 0.203. The van der Waals surface area contributed by atoms with Crippen LogP contribution in [0.5, 0.6) is 0 Å². The highest BCUT2D eigenvalue weighted by molar-refractivity contribution is 5.78. The van der Waals surface area contributed by atoms with Gasteiger partial charge >= 0.3 is 0 Å². The Bertz CT molecular complexity index is 358. The van der Waals surface area contributed by atoms with Gasteiger partial charge in [0, 0.05) is 6.42 Å². The predicted molar refractivity (Wildman–Crippen MR) is 78.6 cm³/mol. The van der Waals surface area contributed by atoms with Gasteiger partial charge in [-0.1, -0.05) is 0 Å². The normalized spacial score (nSPS) is 15.1. The van der Waals surface area contributed by atoms with Gasteiger partial charge in [0.1, 0.15) is 11.1 Å². The van der Waals surface area contributed by atoms with E-state index in [2.05, 4.69) is 5.11 Å². The maximum atomic E-state index is 12.6. The molecule has 0 heterocycles. The molecule has 0 rings (SSSR count). The number of carbonyl (C=O) groups excluding carboxylic acids is 1. The van der Waals surface area contributed by atoms with Gasteiger partial charge in [0.25, 0.3) is 0 Å². The standard InChI is InChI=1S/C13H27N3O7/c1-9(21)12(5-17,6-18)16(11(23)3-4-15-14)13(7-19,8-20)10(2)22/h9-10,14,17-22H,3-8H2,1-2H3. The number of nitrogens with one attached hydrogen (secondary N) is 1. The van der Waals surface area contributed by atoms with E-state index in [9.17, 15) is 35.4 Å². The minimum absolute atomic E-state index is 0.200. The largest absolute Gasteiger partial charge is 0.394 e. The summed E-state index contributed by atoms with van der Waals surface area (Å²) in [5, 5.41) is 61.9. The van der Waals surface area contributed by atoms with E-state index in [1.807, 2.05) is 0 Å². The Balaban J connectivity index is 6.27. The van der Waals surface area contributed by atoms with Crippen LogP contribution in [-0.2, 0) is 4.79 Å². The zero-order valence-corrected chi connectivity index (χ0v) is 13.4. The van der Waals surface area contributed by atoms with Crippen LogP contribution in [0.15, 0.2) is 5.11 Å². The van der Waals surface area contributed by atoms with Gasteiger partial charge in [-0.05, 0) is 13.8 Å². The minimum atomic E-state index is -1.94. The highest BCUT2D eigenvalue weighted by atomic mass is 16.3. The molecule has 0 aromatic heterocycles. The van der Waals surface area contributed by atoms with E-state index in [4.69, 9.17) is 5.53 Å². The fourth-order valence-corrected chi connectivity index (χ4v) is 2.49. The van der Waals surface area contributed by atoms with Crippen molar-refractivity contribution in [1.29, 1.82) is 5.53 Å². The van der Waals surface area contributed by atoms with Crippen LogP contribution in [0.3, 0.4) is 0 Å². The van der Waals surface area contributed by atoms with Gasteiger partial charge in [0.15, 0.2) is 0 Å². The zero-order chi connectivity index (χ0) is 18.3. The van der Waals surface area contributed by atoms with Gasteiger partial charge in [0.05, 0.1) is 45.2 Å². The molecule has 0 aliphatic carbocycles. The summed E-state index contributed by atoms with van der Waals surface area (Å²) >= 11 is 0. The second kappa shape index (κ2) is 9.21. The number of nitrogens with zero attached hydrogens (tertiary/aromatic N) is 2. The van der Waals surface area contributed by atoms with Crippen molar-refractivity contribution in [2.45, 2.75) is 43.6 Å². The molecule has 0 spiro atoms. The number of carbonyl (C=O) groups is 1. The number of hydrogen-bond donors (Lipinski definition) is 7. The third-order valence-corrected chi connectivity index (χ3v) is 4.23. The molecule has 0 saturated carbocycles. The fourth-order valence-electron chi connectivity index (χ4n) is 2.49. The maximum Gasteiger partial charge on any atom is 0.225 e. The van der Waals surface area contributed by atoms with Gasteiger partial charge in [-0.3, -0.25) is 4.79 Å². The van der Waals surface area contributed by atoms with Gasteiger partial charge in [0.2, 0.25) is 5.91 Å². The summed E-state index contributed by atoms with van der Waals surface area (Å²) in [7, 11) is 0. The molecule has 0 aliphatic rings. The molecule has 10 heteroatoms. The molecule has 1 amide bonds. The molecule has 0 aromatic carbocycles. The Morgan fingerprint density at radius 2 is 1.35 bits per heavy atom. The van der Waals surface area contributed by atoms with E-state index < -0.39 is 55.6 Å². The smallest absolute Gasteiger partial charge is 0.225 e. The predicted octanol–water partition coefficient (Wildman–Crippen LogP) is -2.56. The highest BCUT2D eigenvalue weighted by Gasteiger charge is 2.54. The third-order valence-electron chi connectivity index (χ3n) is 4.23. The second-order valence-electron chi connectivity index (χ2n) is 5.55. The van der Waals surface area contributed by atoms with Crippen molar-refractivity contribution < 1.29 is 35.4 Å². The Labute approximate surface area is 134 Å². The molecule has 0 radical (unpaired) electrons. The van der Waals surface area contributed by atoms with Crippen LogP contribution in [0.2, 0.25) is 0 Å². The second-order valence-corrected chi connectivity index (χ2v) is 5.55. The third kappa shape index (κ3) is 4.03. The van der Waals surface area contributed by atoms with Crippen LogP contribution in [-0.4, -0.2) is 97.7 Å². The van der Waals surface area contributed by atoms with E-state index >= 15 is 0 Å². The first-order chi connectivity index (χ1) is 10.7. The van der Waals surface area contributed by atoms with Crippen molar-refractivity contribution in [2.75, 3.05) is 33.0 Å².